The largest absolute Gasteiger partial charge is 0.326 e. The Morgan fingerprint density at radius 3 is 2.79 bits per heavy atom. The lowest BCUT2D eigenvalue weighted by atomic mass is 10.1. The fourth-order valence-electron chi connectivity index (χ4n) is 1.34. The molecule has 0 saturated carbocycles. The van der Waals surface area contributed by atoms with E-state index in [-0.39, 0.29) is 0 Å². The summed E-state index contributed by atoms with van der Waals surface area (Å²) in [5.41, 5.74) is 8.01. The summed E-state index contributed by atoms with van der Waals surface area (Å²) in [7, 11) is 0. The maximum atomic E-state index is 5.55. The van der Waals surface area contributed by atoms with Gasteiger partial charge < -0.3 is 5.73 Å². The van der Waals surface area contributed by atoms with Crippen LogP contribution < -0.4 is 5.73 Å². The molecule has 0 spiro atoms. The highest BCUT2D eigenvalue weighted by Gasteiger charge is 2.05. The van der Waals surface area contributed by atoms with Crippen LogP contribution in [0.4, 0.5) is 0 Å². The van der Waals surface area contributed by atoms with E-state index >= 15 is 0 Å². The number of rotatable bonds is 2. The van der Waals surface area contributed by atoms with Crippen LogP contribution in [0.25, 0.3) is 10.6 Å². The van der Waals surface area contributed by atoms with Gasteiger partial charge in [0, 0.05) is 23.2 Å². The molecule has 1 heterocycles. The van der Waals surface area contributed by atoms with Crippen molar-refractivity contribution in [2.75, 3.05) is 0 Å². The molecule has 0 bridgehead atoms. The van der Waals surface area contributed by atoms with E-state index in [4.69, 9.17) is 5.73 Å². The molecule has 0 aliphatic heterocycles. The van der Waals surface area contributed by atoms with Crippen LogP contribution in [0.1, 0.15) is 10.4 Å². The first kappa shape index (κ1) is 9.37. The average Bonchev–Trinajstić information content (AvgIpc) is 2.67. The van der Waals surface area contributed by atoms with Crippen LogP contribution in [0.3, 0.4) is 0 Å². The number of hydrogen-bond donors (Lipinski definition) is 1. The number of aryl methyl sites for hydroxylation is 1. The lowest BCUT2D eigenvalue weighted by Gasteiger charge is -1.99. The molecule has 2 N–H and O–H groups in total. The van der Waals surface area contributed by atoms with Crippen molar-refractivity contribution in [3.63, 3.8) is 0 Å². The SMILES string of the molecule is Cc1ccccc1-c1ncc(CN)s1. The summed E-state index contributed by atoms with van der Waals surface area (Å²) < 4.78 is 0. The smallest absolute Gasteiger partial charge is 0.123 e. The Kier molecular flexibility index (Phi) is 2.61. The van der Waals surface area contributed by atoms with Gasteiger partial charge in [0.25, 0.3) is 0 Å². The van der Waals surface area contributed by atoms with Crippen molar-refractivity contribution in [3.05, 3.63) is 40.9 Å². The van der Waals surface area contributed by atoms with E-state index in [1.54, 1.807) is 11.3 Å². The zero-order valence-electron chi connectivity index (χ0n) is 8.03. The summed E-state index contributed by atoms with van der Waals surface area (Å²) in [6.45, 7) is 2.67. The Balaban J connectivity index is 2.44. The Hall–Kier alpha value is -1.19. The van der Waals surface area contributed by atoms with E-state index in [0.717, 1.165) is 9.88 Å². The fraction of sp³-hybridized carbons (Fsp3) is 0.182. The van der Waals surface area contributed by atoms with Gasteiger partial charge in [-0.1, -0.05) is 24.3 Å². The zero-order valence-corrected chi connectivity index (χ0v) is 8.84. The van der Waals surface area contributed by atoms with Gasteiger partial charge in [-0.15, -0.1) is 11.3 Å². The second kappa shape index (κ2) is 3.90. The minimum Gasteiger partial charge on any atom is -0.326 e. The van der Waals surface area contributed by atoms with E-state index in [1.165, 1.54) is 11.1 Å². The molecule has 0 fully saturated rings. The molecule has 72 valence electrons. The van der Waals surface area contributed by atoms with Crippen LogP contribution in [-0.2, 0) is 6.54 Å². The second-order valence-electron chi connectivity index (χ2n) is 3.15. The van der Waals surface area contributed by atoms with Crippen molar-refractivity contribution >= 4 is 11.3 Å². The van der Waals surface area contributed by atoms with Crippen LogP contribution in [0, 0.1) is 6.92 Å². The summed E-state index contributed by atoms with van der Waals surface area (Å²) in [6.07, 6.45) is 1.85. The molecule has 0 amide bonds. The minimum absolute atomic E-state index is 0.573. The van der Waals surface area contributed by atoms with Gasteiger partial charge in [-0.3, -0.25) is 0 Å². The summed E-state index contributed by atoms with van der Waals surface area (Å²) in [4.78, 5) is 5.48. The van der Waals surface area contributed by atoms with Crippen LogP contribution in [0.2, 0.25) is 0 Å². The van der Waals surface area contributed by atoms with Crippen LogP contribution in [-0.4, -0.2) is 4.98 Å². The third kappa shape index (κ3) is 1.69. The Labute approximate surface area is 87.4 Å². The fourth-order valence-corrected chi connectivity index (χ4v) is 2.22. The van der Waals surface area contributed by atoms with Crippen molar-refractivity contribution in [2.24, 2.45) is 5.73 Å². The Bertz CT molecular complexity index is 434. The van der Waals surface area contributed by atoms with Crippen molar-refractivity contribution in [3.8, 4) is 10.6 Å². The van der Waals surface area contributed by atoms with Gasteiger partial charge in [-0.05, 0) is 12.5 Å². The van der Waals surface area contributed by atoms with E-state index in [1.807, 2.05) is 18.3 Å². The third-order valence-electron chi connectivity index (χ3n) is 2.13. The van der Waals surface area contributed by atoms with E-state index in [9.17, 15) is 0 Å². The first-order valence-corrected chi connectivity index (χ1v) is 5.33. The maximum absolute atomic E-state index is 5.55. The van der Waals surface area contributed by atoms with E-state index in [0.29, 0.717) is 6.54 Å². The number of hydrogen-bond acceptors (Lipinski definition) is 3. The Morgan fingerprint density at radius 1 is 1.36 bits per heavy atom. The molecule has 2 aromatic rings. The molecule has 1 aromatic heterocycles. The van der Waals surface area contributed by atoms with Crippen molar-refractivity contribution in [1.29, 1.82) is 0 Å². The molecule has 0 radical (unpaired) electrons. The molecule has 2 nitrogen and oxygen atoms in total. The highest BCUT2D eigenvalue weighted by Crippen LogP contribution is 2.27. The molecule has 3 heteroatoms. The van der Waals surface area contributed by atoms with Gasteiger partial charge in [-0.2, -0.15) is 0 Å². The van der Waals surface area contributed by atoms with Gasteiger partial charge in [0.05, 0.1) is 0 Å². The third-order valence-corrected chi connectivity index (χ3v) is 3.18. The number of nitrogens with zero attached hydrogens (tertiary/aromatic N) is 1. The van der Waals surface area contributed by atoms with Gasteiger partial charge >= 0.3 is 0 Å². The molecular weight excluding hydrogens is 192 g/mol. The highest BCUT2D eigenvalue weighted by molar-refractivity contribution is 7.15. The molecule has 14 heavy (non-hydrogen) atoms. The molecule has 0 aliphatic rings. The highest BCUT2D eigenvalue weighted by atomic mass is 32.1. The standard InChI is InChI=1S/C11H12N2S/c1-8-4-2-3-5-10(8)11-13-7-9(6-12)14-11/h2-5,7H,6,12H2,1H3. The van der Waals surface area contributed by atoms with Crippen LogP contribution in [0.5, 0.6) is 0 Å². The summed E-state index contributed by atoms with van der Waals surface area (Å²) >= 11 is 1.66. The lowest BCUT2D eigenvalue weighted by molar-refractivity contribution is 1.10. The van der Waals surface area contributed by atoms with Crippen molar-refractivity contribution in [1.82, 2.24) is 4.98 Å². The van der Waals surface area contributed by atoms with Gasteiger partial charge in [0.15, 0.2) is 0 Å². The quantitative estimate of drug-likeness (QED) is 0.816. The molecule has 0 unspecified atom stereocenters. The molecule has 2 rings (SSSR count). The average molecular weight is 204 g/mol. The van der Waals surface area contributed by atoms with Gasteiger partial charge in [0.1, 0.15) is 5.01 Å². The molecule has 0 saturated heterocycles. The maximum Gasteiger partial charge on any atom is 0.123 e. The molecule has 0 aliphatic carbocycles. The van der Waals surface area contributed by atoms with Crippen LogP contribution in [0.15, 0.2) is 30.5 Å². The Morgan fingerprint density at radius 2 is 2.14 bits per heavy atom. The minimum atomic E-state index is 0.573. The number of nitrogens with two attached hydrogens (primary N) is 1. The summed E-state index contributed by atoms with van der Waals surface area (Å²) in [5.74, 6) is 0. The number of thiazole rings is 1. The molecule has 0 atom stereocenters. The molecular formula is C11H12N2S. The van der Waals surface area contributed by atoms with Crippen molar-refractivity contribution in [2.45, 2.75) is 13.5 Å². The predicted octanol–water partition coefficient (Wildman–Crippen LogP) is 2.58. The van der Waals surface area contributed by atoms with Gasteiger partial charge in [0.2, 0.25) is 0 Å². The summed E-state index contributed by atoms with van der Waals surface area (Å²) in [6, 6.07) is 8.26. The van der Waals surface area contributed by atoms with Crippen LogP contribution >= 0.6 is 11.3 Å². The predicted molar refractivity (Wildman–Crippen MR) is 60.2 cm³/mol. The topological polar surface area (TPSA) is 38.9 Å². The first-order chi connectivity index (χ1) is 6.81. The monoisotopic (exact) mass is 204 g/mol. The first-order valence-electron chi connectivity index (χ1n) is 4.52. The van der Waals surface area contributed by atoms with Gasteiger partial charge in [-0.25, -0.2) is 4.98 Å². The normalized spacial score (nSPS) is 10.4. The second-order valence-corrected chi connectivity index (χ2v) is 4.27. The summed E-state index contributed by atoms with van der Waals surface area (Å²) in [5, 5.41) is 1.06. The van der Waals surface area contributed by atoms with E-state index in [2.05, 4.69) is 24.0 Å². The number of aromatic nitrogens is 1. The zero-order chi connectivity index (χ0) is 9.97. The number of benzene rings is 1. The van der Waals surface area contributed by atoms with Crippen molar-refractivity contribution < 1.29 is 0 Å². The molecule has 1 aromatic carbocycles. The lowest BCUT2D eigenvalue weighted by Crippen LogP contribution is -1.91. The van der Waals surface area contributed by atoms with E-state index < -0.39 is 0 Å².